The van der Waals surface area contributed by atoms with Crippen molar-refractivity contribution in [2.45, 2.75) is 10.9 Å². The number of ether oxygens (including phenoxy) is 2. The van der Waals surface area contributed by atoms with Gasteiger partial charge >= 0.3 is 5.97 Å². The van der Waals surface area contributed by atoms with Gasteiger partial charge in [-0.1, -0.05) is 0 Å². The van der Waals surface area contributed by atoms with Gasteiger partial charge < -0.3 is 14.6 Å². The van der Waals surface area contributed by atoms with E-state index in [0.29, 0.717) is 0 Å². The highest BCUT2D eigenvalue weighted by molar-refractivity contribution is 7.89. The molecule has 112 valence electrons. The molecule has 0 amide bonds. The molecule has 0 aliphatic rings. The Morgan fingerprint density at radius 2 is 1.90 bits per heavy atom. The fourth-order valence-electron chi connectivity index (χ4n) is 1.50. The van der Waals surface area contributed by atoms with Gasteiger partial charge in [-0.3, -0.25) is 0 Å². The lowest BCUT2D eigenvalue weighted by molar-refractivity contribution is 0.0600. The number of carbonyl (C=O) groups is 1. The highest BCUT2D eigenvalue weighted by Gasteiger charge is 2.20. The lowest BCUT2D eigenvalue weighted by atomic mass is 10.2. The van der Waals surface area contributed by atoms with Gasteiger partial charge in [-0.2, -0.15) is 0 Å². The minimum Gasteiger partial charge on any atom is -0.465 e. The molecular weight excluding hydrogens is 286 g/mol. The van der Waals surface area contributed by atoms with E-state index >= 15 is 0 Å². The number of hydrogen-bond donors (Lipinski definition) is 2. The zero-order chi connectivity index (χ0) is 15.2. The molecule has 2 N–H and O–H groups in total. The van der Waals surface area contributed by atoms with Gasteiger partial charge in [0, 0.05) is 7.11 Å². The van der Waals surface area contributed by atoms with Crippen LogP contribution in [-0.2, 0) is 19.5 Å². The standard InChI is InChI=1S/C12H17NO6S/c1-18-8-10(7-14)13-20(16,17)11-5-3-9(4-6-11)12(15)19-2/h3-6,10,13-14H,7-8H2,1-2H3. The molecule has 1 aromatic rings. The Labute approximate surface area is 117 Å². The molecular formula is C12H17NO6S. The number of carbonyl (C=O) groups excluding carboxylic acids is 1. The Morgan fingerprint density at radius 1 is 1.30 bits per heavy atom. The molecule has 0 bridgehead atoms. The van der Waals surface area contributed by atoms with Crippen molar-refractivity contribution in [2.24, 2.45) is 0 Å². The quantitative estimate of drug-likeness (QED) is 0.674. The summed E-state index contributed by atoms with van der Waals surface area (Å²) >= 11 is 0. The molecule has 0 saturated heterocycles. The summed E-state index contributed by atoms with van der Waals surface area (Å²) in [5, 5.41) is 9.05. The third-order valence-electron chi connectivity index (χ3n) is 2.50. The van der Waals surface area contributed by atoms with Crippen molar-refractivity contribution < 1.29 is 27.8 Å². The first-order valence-corrected chi connectivity index (χ1v) is 7.23. The van der Waals surface area contributed by atoms with E-state index in [-0.39, 0.29) is 23.7 Å². The largest absolute Gasteiger partial charge is 0.465 e. The van der Waals surface area contributed by atoms with Gasteiger partial charge in [0.1, 0.15) is 0 Å². The zero-order valence-electron chi connectivity index (χ0n) is 11.2. The molecule has 0 aliphatic carbocycles. The Bertz CT molecular complexity index is 540. The van der Waals surface area contributed by atoms with E-state index in [4.69, 9.17) is 9.84 Å². The summed E-state index contributed by atoms with van der Waals surface area (Å²) in [6, 6.07) is 4.55. The first-order valence-electron chi connectivity index (χ1n) is 5.75. The lowest BCUT2D eigenvalue weighted by Crippen LogP contribution is -2.40. The van der Waals surface area contributed by atoms with E-state index in [1.54, 1.807) is 0 Å². The summed E-state index contributed by atoms with van der Waals surface area (Å²) in [6.45, 7) is -0.330. The number of sulfonamides is 1. The monoisotopic (exact) mass is 303 g/mol. The third kappa shape index (κ3) is 4.27. The maximum Gasteiger partial charge on any atom is 0.337 e. The van der Waals surface area contributed by atoms with Crippen LogP contribution in [0.25, 0.3) is 0 Å². The topological polar surface area (TPSA) is 102 Å². The van der Waals surface area contributed by atoms with Crippen LogP contribution in [0.3, 0.4) is 0 Å². The molecule has 1 rings (SSSR count). The number of benzene rings is 1. The van der Waals surface area contributed by atoms with E-state index < -0.39 is 22.0 Å². The molecule has 1 unspecified atom stereocenters. The predicted molar refractivity (Wildman–Crippen MR) is 70.9 cm³/mol. The average molecular weight is 303 g/mol. The number of esters is 1. The SMILES string of the molecule is COCC(CO)NS(=O)(=O)c1ccc(C(=O)OC)cc1. The van der Waals surface area contributed by atoms with E-state index in [0.717, 1.165) is 0 Å². The van der Waals surface area contributed by atoms with Crippen molar-refractivity contribution in [1.29, 1.82) is 0 Å². The van der Waals surface area contributed by atoms with E-state index in [1.165, 1.54) is 38.5 Å². The van der Waals surface area contributed by atoms with Gasteiger partial charge in [0.15, 0.2) is 0 Å². The number of nitrogens with one attached hydrogen (secondary N) is 1. The van der Waals surface area contributed by atoms with Crippen LogP contribution >= 0.6 is 0 Å². The molecule has 0 fully saturated rings. The smallest absolute Gasteiger partial charge is 0.337 e. The third-order valence-corrected chi connectivity index (χ3v) is 4.03. The van der Waals surface area contributed by atoms with Crippen molar-refractivity contribution >= 4 is 16.0 Å². The molecule has 1 aromatic carbocycles. The minimum atomic E-state index is -3.79. The molecule has 8 heteroatoms. The van der Waals surface area contributed by atoms with Gasteiger partial charge in [0.2, 0.25) is 10.0 Å². The zero-order valence-corrected chi connectivity index (χ0v) is 12.0. The molecule has 0 aliphatic heterocycles. The molecule has 1 atom stereocenters. The Kier molecular flexibility index (Phi) is 6.08. The highest BCUT2D eigenvalue weighted by atomic mass is 32.2. The maximum atomic E-state index is 12.0. The first-order chi connectivity index (χ1) is 9.44. The van der Waals surface area contributed by atoms with E-state index in [2.05, 4.69) is 9.46 Å². The van der Waals surface area contributed by atoms with Crippen molar-refractivity contribution in [2.75, 3.05) is 27.4 Å². The van der Waals surface area contributed by atoms with Crippen LogP contribution in [-0.4, -0.2) is 53.0 Å². The van der Waals surface area contributed by atoms with Gasteiger partial charge in [-0.25, -0.2) is 17.9 Å². The molecule has 0 saturated carbocycles. The maximum absolute atomic E-state index is 12.0. The Balaban J connectivity index is 2.90. The minimum absolute atomic E-state index is 0.0142. The Hall–Kier alpha value is -1.48. The van der Waals surface area contributed by atoms with Crippen LogP contribution in [0.4, 0.5) is 0 Å². The van der Waals surface area contributed by atoms with Crippen LogP contribution in [0, 0.1) is 0 Å². The number of aliphatic hydroxyl groups excluding tert-OH is 1. The van der Waals surface area contributed by atoms with Crippen LogP contribution in [0.1, 0.15) is 10.4 Å². The second-order valence-corrected chi connectivity index (χ2v) is 5.69. The molecule has 0 spiro atoms. The number of aliphatic hydroxyl groups is 1. The van der Waals surface area contributed by atoms with Crippen LogP contribution in [0.2, 0.25) is 0 Å². The van der Waals surface area contributed by atoms with Crippen molar-refractivity contribution in [3.05, 3.63) is 29.8 Å². The van der Waals surface area contributed by atoms with Crippen LogP contribution in [0.5, 0.6) is 0 Å². The van der Waals surface area contributed by atoms with Gasteiger partial charge in [0.05, 0.1) is 36.8 Å². The van der Waals surface area contributed by atoms with Crippen LogP contribution in [0.15, 0.2) is 29.2 Å². The summed E-state index contributed by atoms with van der Waals surface area (Å²) in [5.41, 5.74) is 0.252. The average Bonchev–Trinajstić information content (AvgIpc) is 2.45. The van der Waals surface area contributed by atoms with Crippen LogP contribution < -0.4 is 4.72 Å². The molecule has 0 heterocycles. The molecule has 0 aromatic heterocycles. The summed E-state index contributed by atoms with van der Waals surface area (Å²) in [7, 11) is -1.14. The summed E-state index contributed by atoms with van der Waals surface area (Å²) in [5.74, 6) is -0.547. The van der Waals surface area contributed by atoms with E-state index in [1.807, 2.05) is 0 Å². The van der Waals surface area contributed by atoms with Gasteiger partial charge in [-0.05, 0) is 24.3 Å². The summed E-state index contributed by atoms with van der Waals surface area (Å²) in [4.78, 5) is 11.2. The van der Waals surface area contributed by atoms with Gasteiger partial charge in [-0.15, -0.1) is 0 Å². The van der Waals surface area contributed by atoms with Crippen molar-refractivity contribution in [3.63, 3.8) is 0 Å². The first kappa shape index (κ1) is 16.6. The predicted octanol–water partition coefficient (Wildman–Crippen LogP) is -0.241. The summed E-state index contributed by atoms with van der Waals surface area (Å²) < 4.78 is 35.7. The fourth-order valence-corrected chi connectivity index (χ4v) is 2.71. The van der Waals surface area contributed by atoms with Crippen molar-refractivity contribution in [3.8, 4) is 0 Å². The van der Waals surface area contributed by atoms with Gasteiger partial charge in [0.25, 0.3) is 0 Å². The molecule has 0 radical (unpaired) electrons. The highest BCUT2D eigenvalue weighted by Crippen LogP contribution is 2.12. The number of rotatable bonds is 7. The molecule has 7 nitrogen and oxygen atoms in total. The van der Waals surface area contributed by atoms with Crippen molar-refractivity contribution in [1.82, 2.24) is 4.72 Å². The second-order valence-electron chi connectivity index (χ2n) is 3.97. The lowest BCUT2D eigenvalue weighted by Gasteiger charge is -2.15. The molecule has 20 heavy (non-hydrogen) atoms. The number of hydrogen-bond acceptors (Lipinski definition) is 6. The summed E-state index contributed by atoms with van der Waals surface area (Å²) in [6.07, 6.45) is 0. The fraction of sp³-hybridized carbons (Fsp3) is 0.417. The van der Waals surface area contributed by atoms with E-state index in [9.17, 15) is 13.2 Å². The normalized spacial score (nSPS) is 12.9. The second kappa shape index (κ2) is 7.34. The number of methoxy groups -OCH3 is 2. The Morgan fingerprint density at radius 3 is 2.35 bits per heavy atom.